The number of nitrogens with two attached hydrogens (primary N) is 1. The van der Waals surface area contributed by atoms with Crippen LogP contribution >= 0.6 is 15.9 Å². The van der Waals surface area contributed by atoms with E-state index in [-0.39, 0.29) is 0 Å². The van der Waals surface area contributed by atoms with Crippen LogP contribution in [0.15, 0.2) is 22.9 Å². The van der Waals surface area contributed by atoms with Crippen LogP contribution in [-0.2, 0) is 6.42 Å². The van der Waals surface area contributed by atoms with Gasteiger partial charge in [-0.3, -0.25) is 4.98 Å². The predicted octanol–water partition coefficient (Wildman–Crippen LogP) is 3.14. The summed E-state index contributed by atoms with van der Waals surface area (Å²) in [6, 6.07) is 1.91. The van der Waals surface area contributed by atoms with E-state index in [1.807, 2.05) is 13.0 Å². The first kappa shape index (κ1) is 13.0. The highest BCUT2D eigenvalue weighted by Gasteiger charge is 2.12. The summed E-state index contributed by atoms with van der Waals surface area (Å²) < 4.78 is 0.805. The Morgan fingerprint density at radius 2 is 2.11 bits per heavy atom. The molecule has 0 aliphatic heterocycles. The number of nitrogen functional groups attached to an aromatic ring is 1. The van der Waals surface area contributed by atoms with Gasteiger partial charge in [-0.05, 0) is 40.9 Å². The number of hydrogen-bond donors (Lipinski definition) is 1. The first-order valence-corrected chi connectivity index (χ1v) is 6.65. The Morgan fingerprint density at radius 3 is 2.78 bits per heavy atom. The molecule has 0 fully saturated rings. The molecule has 0 radical (unpaired) electrons. The summed E-state index contributed by atoms with van der Waals surface area (Å²) in [7, 11) is 0. The summed E-state index contributed by atoms with van der Waals surface area (Å²) in [5.74, 6) is 1.15. The number of hydrogen-bond acceptors (Lipinski definition) is 4. The van der Waals surface area contributed by atoms with Gasteiger partial charge in [-0.2, -0.15) is 0 Å². The van der Waals surface area contributed by atoms with E-state index in [1.54, 1.807) is 12.4 Å². The first-order chi connectivity index (χ1) is 8.63. The zero-order chi connectivity index (χ0) is 13.1. The number of aromatic nitrogens is 3. The molecule has 0 unspecified atom stereocenters. The van der Waals surface area contributed by atoms with Gasteiger partial charge in [-0.1, -0.05) is 13.3 Å². The zero-order valence-electron chi connectivity index (χ0n) is 10.4. The van der Waals surface area contributed by atoms with E-state index in [2.05, 4.69) is 37.8 Å². The van der Waals surface area contributed by atoms with Crippen LogP contribution in [0.25, 0.3) is 11.4 Å². The van der Waals surface area contributed by atoms with Crippen molar-refractivity contribution in [3.8, 4) is 11.4 Å². The smallest absolute Gasteiger partial charge is 0.162 e. The van der Waals surface area contributed by atoms with E-state index in [0.29, 0.717) is 11.6 Å². The molecule has 0 bridgehead atoms. The third-order valence-electron chi connectivity index (χ3n) is 2.69. The second-order valence-electron chi connectivity index (χ2n) is 4.13. The van der Waals surface area contributed by atoms with Crippen molar-refractivity contribution < 1.29 is 0 Å². The van der Waals surface area contributed by atoms with Gasteiger partial charge in [0.15, 0.2) is 5.82 Å². The quantitative estimate of drug-likeness (QED) is 0.946. The second kappa shape index (κ2) is 5.44. The Balaban J connectivity index is 2.56. The highest BCUT2D eigenvalue weighted by Crippen LogP contribution is 2.27. The van der Waals surface area contributed by atoms with Gasteiger partial charge in [0.1, 0.15) is 5.82 Å². The molecule has 94 valence electrons. The summed E-state index contributed by atoms with van der Waals surface area (Å²) >= 11 is 3.44. The molecule has 0 aromatic carbocycles. The normalized spacial score (nSPS) is 10.6. The number of pyridine rings is 1. The Labute approximate surface area is 115 Å². The lowest BCUT2D eigenvalue weighted by Crippen LogP contribution is -2.03. The van der Waals surface area contributed by atoms with E-state index in [4.69, 9.17) is 5.73 Å². The molecular formula is C13H15BrN4. The van der Waals surface area contributed by atoms with Crippen LogP contribution in [0.3, 0.4) is 0 Å². The molecule has 0 aliphatic rings. The van der Waals surface area contributed by atoms with E-state index < -0.39 is 0 Å². The third kappa shape index (κ3) is 2.51. The number of nitrogens with zero attached hydrogens (tertiary/aromatic N) is 3. The number of anilines is 1. The molecule has 4 nitrogen and oxygen atoms in total. The topological polar surface area (TPSA) is 64.7 Å². The van der Waals surface area contributed by atoms with Crippen molar-refractivity contribution in [2.24, 2.45) is 0 Å². The molecule has 0 saturated heterocycles. The van der Waals surface area contributed by atoms with Crippen molar-refractivity contribution in [3.05, 3.63) is 34.2 Å². The minimum absolute atomic E-state index is 0.486. The van der Waals surface area contributed by atoms with Gasteiger partial charge < -0.3 is 5.73 Å². The molecule has 0 aliphatic carbocycles. The summed E-state index contributed by atoms with van der Waals surface area (Å²) in [6.07, 6.45) is 5.44. The molecule has 0 spiro atoms. The maximum absolute atomic E-state index is 5.93. The Morgan fingerprint density at radius 1 is 1.33 bits per heavy atom. The van der Waals surface area contributed by atoms with Gasteiger partial charge in [0.2, 0.25) is 0 Å². The molecule has 2 heterocycles. The van der Waals surface area contributed by atoms with E-state index in [9.17, 15) is 0 Å². The Kier molecular flexibility index (Phi) is 3.91. The highest BCUT2D eigenvalue weighted by atomic mass is 79.9. The molecule has 2 rings (SSSR count). The number of rotatable bonds is 3. The predicted molar refractivity (Wildman–Crippen MR) is 76.1 cm³/mol. The van der Waals surface area contributed by atoms with Crippen molar-refractivity contribution in [2.75, 3.05) is 5.73 Å². The summed E-state index contributed by atoms with van der Waals surface area (Å²) in [4.78, 5) is 13.0. The zero-order valence-corrected chi connectivity index (χ0v) is 12.0. The second-order valence-corrected chi connectivity index (χ2v) is 4.93. The molecule has 0 saturated carbocycles. The SMILES string of the molecule is CCCc1nc(-c2ccncc2C)nc(N)c1Br. The summed E-state index contributed by atoms with van der Waals surface area (Å²) in [5, 5.41) is 0. The molecule has 2 aromatic rings. The molecule has 18 heavy (non-hydrogen) atoms. The lowest BCUT2D eigenvalue weighted by Gasteiger charge is -2.09. The van der Waals surface area contributed by atoms with Crippen molar-refractivity contribution in [3.63, 3.8) is 0 Å². The van der Waals surface area contributed by atoms with E-state index in [1.165, 1.54) is 0 Å². The fraction of sp³-hybridized carbons (Fsp3) is 0.308. The lowest BCUT2D eigenvalue weighted by atomic mass is 10.1. The molecule has 0 amide bonds. The van der Waals surface area contributed by atoms with Crippen molar-refractivity contribution >= 4 is 21.7 Å². The minimum atomic E-state index is 0.486. The van der Waals surface area contributed by atoms with E-state index >= 15 is 0 Å². The summed E-state index contributed by atoms with van der Waals surface area (Å²) in [6.45, 7) is 4.10. The largest absolute Gasteiger partial charge is 0.383 e. The van der Waals surface area contributed by atoms with Gasteiger partial charge >= 0.3 is 0 Å². The first-order valence-electron chi connectivity index (χ1n) is 5.86. The standard InChI is InChI=1S/C13H15BrN4/c1-3-4-10-11(14)12(15)18-13(17-10)9-5-6-16-7-8(9)2/h5-7H,3-4H2,1-2H3,(H2,15,17,18). The van der Waals surface area contributed by atoms with Gasteiger partial charge in [0.25, 0.3) is 0 Å². The minimum Gasteiger partial charge on any atom is -0.383 e. The Bertz CT molecular complexity index is 569. The maximum Gasteiger partial charge on any atom is 0.162 e. The van der Waals surface area contributed by atoms with Crippen molar-refractivity contribution in [1.29, 1.82) is 0 Å². The van der Waals surface area contributed by atoms with Crippen LogP contribution < -0.4 is 5.73 Å². The average Bonchev–Trinajstić information content (AvgIpc) is 2.35. The molecule has 2 N–H and O–H groups in total. The molecule has 5 heteroatoms. The van der Waals surface area contributed by atoms with Crippen LogP contribution in [0.5, 0.6) is 0 Å². The third-order valence-corrected chi connectivity index (χ3v) is 3.56. The molecule has 0 atom stereocenters. The van der Waals surface area contributed by atoms with Crippen molar-refractivity contribution in [2.45, 2.75) is 26.7 Å². The van der Waals surface area contributed by atoms with Crippen LogP contribution in [-0.4, -0.2) is 15.0 Å². The fourth-order valence-electron chi connectivity index (χ4n) is 1.76. The fourth-order valence-corrected chi connectivity index (χ4v) is 2.14. The molecule has 2 aromatic heterocycles. The lowest BCUT2D eigenvalue weighted by molar-refractivity contribution is 0.869. The number of halogens is 1. The van der Waals surface area contributed by atoms with Crippen LogP contribution in [0.4, 0.5) is 5.82 Å². The van der Waals surface area contributed by atoms with Gasteiger partial charge in [-0.15, -0.1) is 0 Å². The maximum atomic E-state index is 5.93. The number of aryl methyl sites for hydroxylation is 2. The van der Waals surface area contributed by atoms with Crippen LogP contribution in [0, 0.1) is 6.92 Å². The van der Waals surface area contributed by atoms with Crippen molar-refractivity contribution in [1.82, 2.24) is 15.0 Å². The van der Waals surface area contributed by atoms with Gasteiger partial charge in [0.05, 0.1) is 10.2 Å². The Hall–Kier alpha value is -1.49. The highest BCUT2D eigenvalue weighted by molar-refractivity contribution is 9.10. The van der Waals surface area contributed by atoms with Crippen LogP contribution in [0.2, 0.25) is 0 Å². The van der Waals surface area contributed by atoms with Gasteiger partial charge in [0, 0.05) is 18.0 Å². The monoisotopic (exact) mass is 306 g/mol. The average molecular weight is 307 g/mol. The van der Waals surface area contributed by atoms with Crippen LogP contribution in [0.1, 0.15) is 24.6 Å². The molecular weight excluding hydrogens is 292 g/mol. The van der Waals surface area contributed by atoms with Gasteiger partial charge in [-0.25, -0.2) is 9.97 Å². The summed E-state index contributed by atoms with van der Waals surface area (Å²) in [5.41, 5.74) is 8.90. The van der Waals surface area contributed by atoms with E-state index in [0.717, 1.165) is 34.1 Å².